The number of hydrogen-bond acceptors (Lipinski definition) is 11. The van der Waals surface area contributed by atoms with Gasteiger partial charge in [-0.2, -0.15) is 0 Å². The van der Waals surface area contributed by atoms with Gasteiger partial charge in [-0.3, -0.25) is 14.4 Å². The van der Waals surface area contributed by atoms with E-state index in [9.17, 15) is 24.3 Å². The van der Waals surface area contributed by atoms with Crippen LogP contribution in [-0.4, -0.2) is 82.4 Å². The van der Waals surface area contributed by atoms with Crippen molar-refractivity contribution in [3.05, 3.63) is 11.6 Å². The third-order valence-electron chi connectivity index (χ3n) is 9.06. The van der Waals surface area contributed by atoms with E-state index in [1.54, 1.807) is 26.8 Å². The molecule has 0 radical (unpaired) electrons. The van der Waals surface area contributed by atoms with Crippen molar-refractivity contribution in [2.24, 2.45) is 11.3 Å². The van der Waals surface area contributed by atoms with Crippen molar-refractivity contribution < 1.29 is 52.7 Å². The Kier molecular flexibility index (Phi) is 5.65. The van der Waals surface area contributed by atoms with Gasteiger partial charge in [0.25, 0.3) is 0 Å². The molecule has 0 amide bonds. The Morgan fingerprint density at radius 1 is 1.00 bits per heavy atom. The number of esters is 4. The van der Waals surface area contributed by atoms with Gasteiger partial charge < -0.3 is 33.5 Å². The summed E-state index contributed by atoms with van der Waals surface area (Å²) in [7, 11) is 0. The Hall–Kier alpha value is -2.50. The second-order valence-corrected chi connectivity index (χ2v) is 11.6. The molecule has 3 saturated heterocycles. The fraction of sp³-hybridized carbons (Fsp3) is 0.769. The summed E-state index contributed by atoms with van der Waals surface area (Å²) in [6.45, 7) is 10.7. The molecule has 3 aliphatic heterocycles. The molecule has 0 aromatic heterocycles. The Morgan fingerprint density at radius 2 is 1.59 bits per heavy atom. The predicted molar refractivity (Wildman–Crippen MR) is 123 cm³/mol. The van der Waals surface area contributed by atoms with Crippen molar-refractivity contribution in [3.63, 3.8) is 0 Å². The summed E-state index contributed by atoms with van der Waals surface area (Å²) in [6.07, 6.45) is -3.67. The van der Waals surface area contributed by atoms with Crippen molar-refractivity contribution in [2.45, 2.75) is 115 Å². The first-order chi connectivity index (χ1) is 17.1. The van der Waals surface area contributed by atoms with Crippen molar-refractivity contribution in [1.29, 1.82) is 0 Å². The highest BCUT2D eigenvalue weighted by atomic mass is 16.7. The number of fused-ring (bicyclic) bond motifs is 3. The minimum Gasteiger partial charge on any atom is -0.462 e. The van der Waals surface area contributed by atoms with Gasteiger partial charge in [0.15, 0.2) is 17.3 Å². The van der Waals surface area contributed by atoms with Crippen LogP contribution in [0.2, 0.25) is 0 Å². The SMILES string of the molecule is CC(=O)O[C@H]1C[C@H]2O[C@@]2(C)[C@@H]2[C@H](OC(C)=O)[C@]34O[C@@]3(C)C(=O)O[C@H]4/C=C(/C)C[C@@H](O)[C@H](OC(C)=O)[C@@]12C. The van der Waals surface area contributed by atoms with Gasteiger partial charge in [0, 0.05) is 33.1 Å². The molecule has 3 heterocycles. The molecular weight excluding hydrogens is 488 g/mol. The van der Waals surface area contributed by atoms with Crippen molar-refractivity contribution in [2.75, 3.05) is 0 Å². The van der Waals surface area contributed by atoms with Crippen LogP contribution in [0, 0.1) is 11.3 Å². The molecule has 11 atom stereocenters. The van der Waals surface area contributed by atoms with Crippen LogP contribution >= 0.6 is 0 Å². The molecule has 1 N–H and O–H groups in total. The highest BCUT2D eigenvalue weighted by molar-refractivity contribution is 5.89. The van der Waals surface area contributed by atoms with E-state index in [4.69, 9.17) is 28.4 Å². The lowest BCUT2D eigenvalue weighted by Crippen LogP contribution is -2.68. The molecule has 0 bridgehead atoms. The summed E-state index contributed by atoms with van der Waals surface area (Å²) in [5.74, 6) is -3.26. The number of carbonyl (C=O) groups is 4. The molecular formula is C26H34O11. The number of rotatable bonds is 3. The fourth-order valence-corrected chi connectivity index (χ4v) is 7.41. The Labute approximate surface area is 214 Å². The van der Waals surface area contributed by atoms with Gasteiger partial charge in [-0.15, -0.1) is 0 Å². The quantitative estimate of drug-likeness (QED) is 0.246. The smallest absolute Gasteiger partial charge is 0.342 e. The Bertz CT molecular complexity index is 1100. The van der Waals surface area contributed by atoms with Crippen LogP contribution in [0.4, 0.5) is 0 Å². The number of carbonyl (C=O) groups excluding carboxylic acids is 4. The predicted octanol–water partition coefficient (Wildman–Crippen LogP) is 1.13. The molecule has 4 fully saturated rings. The molecule has 0 aromatic carbocycles. The first kappa shape index (κ1) is 26.1. The van der Waals surface area contributed by atoms with E-state index in [1.165, 1.54) is 20.8 Å². The van der Waals surface area contributed by atoms with E-state index >= 15 is 0 Å². The minimum atomic E-state index is -1.40. The van der Waals surface area contributed by atoms with Gasteiger partial charge in [0.05, 0.1) is 23.2 Å². The van der Waals surface area contributed by atoms with Crippen LogP contribution in [0.15, 0.2) is 11.6 Å². The summed E-state index contributed by atoms with van der Waals surface area (Å²) in [5.41, 5.74) is -4.41. The molecule has 1 saturated carbocycles. The van der Waals surface area contributed by atoms with E-state index in [2.05, 4.69) is 0 Å². The van der Waals surface area contributed by atoms with Gasteiger partial charge in [0.1, 0.15) is 18.3 Å². The van der Waals surface area contributed by atoms with Crippen LogP contribution in [-0.2, 0) is 47.6 Å². The van der Waals surface area contributed by atoms with Gasteiger partial charge in [-0.25, -0.2) is 4.79 Å². The van der Waals surface area contributed by atoms with E-state index in [0.717, 1.165) is 0 Å². The molecule has 11 nitrogen and oxygen atoms in total. The van der Waals surface area contributed by atoms with Gasteiger partial charge in [0.2, 0.25) is 0 Å². The Morgan fingerprint density at radius 3 is 2.16 bits per heavy atom. The molecule has 1 spiro atoms. The minimum absolute atomic E-state index is 0.0765. The summed E-state index contributed by atoms with van der Waals surface area (Å²) in [5, 5.41) is 11.5. The Balaban J connectivity index is 1.79. The zero-order chi connectivity index (χ0) is 27.3. The average Bonchev–Trinajstić information content (AvgIpc) is 3.59. The number of aliphatic hydroxyl groups excluding tert-OH is 1. The zero-order valence-corrected chi connectivity index (χ0v) is 22.1. The van der Waals surface area contributed by atoms with Crippen LogP contribution in [0.25, 0.3) is 0 Å². The van der Waals surface area contributed by atoms with Crippen LogP contribution < -0.4 is 0 Å². The van der Waals surface area contributed by atoms with E-state index < -0.39 is 82.5 Å². The standard InChI is InChI=1S/C26H34O11/c1-11-8-15(30)20(33-13(3)28)23(5)16(32-12(2)27)10-17-24(6,36-17)19(23)21(34-14(4)29)26-18(9-11)35-22(31)25(26,7)37-26/h9,15-21,30H,8,10H2,1-7H3/b11-9-/t15-,16+,17-,18+,19-,20+,21+,23+,24-,25+,26+/m1/s1. The number of hydrogen-bond donors (Lipinski definition) is 1. The molecule has 0 unspecified atom stereocenters. The molecule has 5 rings (SSSR count). The maximum absolute atomic E-state index is 13.0. The van der Waals surface area contributed by atoms with Crippen LogP contribution in [0.5, 0.6) is 0 Å². The number of epoxide rings is 2. The second kappa shape index (κ2) is 8.00. The molecule has 11 heteroatoms. The summed E-state index contributed by atoms with van der Waals surface area (Å²) in [4.78, 5) is 50.2. The topological polar surface area (TPSA) is 150 Å². The maximum atomic E-state index is 13.0. The third kappa shape index (κ3) is 3.50. The van der Waals surface area contributed by atoms with E-state index in [0.29, 0.717) is 5.57 Å². The number of ether oxygens (including phenoxy) is 6. The van der Waals surface area contributed by atoms with E-state index in [-0.39, 0.29) is 18.9 Å². The molecule has 204 valence electrons. The largest absolute Gasteiger partial charge is 0.462 e. The monoisotopic (exact) mass is 522 g/mol. The maximum Gasteiger partial charge on any atom is 0.342 e. The highest BCUT2D eigenvalue weighted by Gasteiger charge is 2.89. The van der Waals surface area contributed by atoms with Gasteiger partial charge in [-0.1, -0.05) is 12.5 Å². The summed E-state index contributed by atoms with van der Waals surface area (Å²) >= 11 is 0. The lowest BCUT2D eigenvalue weighted by Gasteiger charge is -2.54. The second-order valence-electron chi connectivity index (χ2n) is 11.6. The highest BCUT2D eigenvalue weighted by Crippen LogP contribution is 2.69. The zero-order valence-electron chi connectivity index (χ0n) is 22.1. The third-order valence-corrected chi connectivity index (χ3v) is 9.06. The van der Waals surface area contributed by atoms with Crippen molar-refractivity contribution in [3.8, 4) is 0 Å². The first-order valence-corrected chi connectivity index (χ1v) is 12.6. The van der Waals surface area contributed by atoms with E-state index in [1.807, 2.05) is 6.92 Å². The van der Waals surface area contributed by atoms with Crippen LogP contribution in [0.1, 0.15) is 61.3 Å². The van der Waals surface area contributed by atoms with Gasteiger partial charge in [-0.05, 0) is 33.3 Å². The molecule has 37 heavy (non-hydrogen) atoms. The molecule has 2 aliphatic carbocycles. The van der Waals surface area contributed by atoms with Crippen molar-refractivity contribution in [1.82, 2.24) is 0 Å². The lowest BCUT2D eigenvalue weighted by atomic mass is 9.53. The van der Waals surface area contributed by atoms with Crippen molar-refractivity contribution >= 4 is 23.9 Å². The van der Waals surface area contributed by atoms with Gasteiger partial charge >= 0.3 is 23.9 Å². The first-order valence-electron chi connectivity index (χ1n) is 12.6. The fourth-order valence-electron chi connectivity index (χ4n) is 7.41. The van der Waals surface area contributed by atoms with Crippen LogP contribution in [0.3, 0.4) is 0 Å². The normalized spacial score (nSPS) is 51.0. The molecule has 0 aromatic rings. The lowest BCUT2D eigenvalue weighted by molar-refractivity contribution is -0.224. The number of aliphatic hydroxyl groups is 1. The molecule has 5 aliphatic rings. The average molecular weight is 523 g/mol. The summed E-state index contributed by atoms with van der Waals surface area (Å²) < 4.78 is 35.7. The summed E-state index contributed by atoms with van der Waals surface area (Å²) in [6, 6.07) is 0.